The van der Waals surface area contributed by atoms with E-state index in [1.165, 1.54) is 35.4 Å². The van der Waals surface area contributed by atoms with Crippen molar-refractivity contribution < 1.29 is 17.6 Å². The lowest BCUT2D eigenvalue weighted by Gasteiger charge is -2.21. The molecule has 2 fully saturated rings. The molecular weight excluding hydrogens is 701 g/mol. The predicted octanol–water partition coefficient (Wildman–Crippen LogP) is 12.9. The predicted molar refractivity (Wildman–Crippen MR) is 222 cm³/mol. The van der Waals surface area contributed by atoms with Crippen molar-refractivity contribution in [2.24, 2.45) is 23.7 Å². The van der Waals surface area contributed by atoms with Gasteiger partial charge in [-0.15, -0.1) is 0 Å². The quantitative estimate of drug-likeness (QED) is 0.124. The van der Waals surface area contributed by atoms with Crippen molar-refractivity contribution >= 4 is 0 Å². The third-order valence-corrected chi connectivity index (χ3v) is 11.2. The molecule has 6 rings (SSSR count). The summed E-state index contributed by atoms with van der Waals surface area (Å²) in [6, 6.07) is 13.2. The van der Waals surface area contributed by atoms with Crippen molar-refractivity contribution in [2.45, 2.75) is 107 Å². The molecule has 56 heavy (non-hydrogen) atoms. The zero-order valence-corrected chi connectivity index (χ0v) is 34.1. The number of benzene rings is 4. The Balaban J connectivity index is 0.000000214. The Hall–Kier alpha value is -5.16. The molecule has 0 N–H and O–H groups in total. The summed E-state index contributed by atoms with van der Waals surface area (Å²) in [5.74, 6) is 22.8. The van der Waals surface area contributed by atoms with E-state index in [2.05, 4.69) is 80.3 Å². The zero-order chi connectivity index (χ0) is 40.5. The smallest absolute Gasteiger partial charge is 0.143 e. The highest BCUT2D eigenvalue weighted by atomic mass is 19.1. The first-order valence-corrected chi connectivity index (χ1v) is 19.9. The Morgan fingerprint density at radius 3 is 1.11 bits per heavy atom. The summed E-state index contributed by atoms with van der Waals surface area (Å²) >= 11 is 0. The second-order valence-electron chi connectivity index (χ2n) is 16.1. The molecule has 2 saturated carbocycles. The van der Waals surface area contributed by atoms with Gasteiger partial charge in [0, 0.05) is 34.1 Å². The molecule has 2 aliphatic rings. The van der Waals surface area contributed by atoms with E-state index in [-0.39, 0.29) is 23.0 Å². The van der Waals surface area contributed by atoms with Crippen LogP contribution in [0.5, 0.6) is 0 Å². The van der Waals surface area contributed by atoms with E-state index >= 15 is 0 Å². The molecule has 0 unspecified atom stereocenters. The standard InChI is InChI=1S/2C26H26F2/c1-17-5-7-21(8-6-17)9-12-24-25(27)15-22(16-26(24)28)10-11-23-19(3)13-18(2)14-20(23)4;1-17-5-7-21(8-6-17)11-12-24-25(27)15-23(16-26(24)28)10-9-22-13-18(2)20(4)19(3)14-22/h2*13-17,21H,5-8H2,1-4H3. The van der Waals surface area contributed by atoms with Crippen molar-refractivity contribution in [2.75, 3.05) is 0 Å². The number of aryl methyl sites for hydroxylation is 5. The van der Waals surface area contributed by atoms with Crippen LogP contribution >= 0.6 is 0 Å². The highest BCUT2D eigenvalue weighted by Crippen LogP contribution is 2.29. The number of halogens is 4. The molecule has 0 saturated heterocycles. The van der Waals surface area contributed by atoms with Crippen LogP contribution in [0.2, 0.25) is 0 Å². The lowest BCUT2D eigenvalue weighted by molar-refractivity contribution is 0.337. The monoisotopic (exact) mass is 752 g/mol. The number of rotatable bonds is 0. The van der Waals surface area contributed by atoms with Crippen LogP contribution in [0, 0.1) is 136 Å². The van der Waals surface area contributed by atoms with E-state index in [0.717, 1.165) is 96.6 Å². The zero-order valence-electron chi connectivity index (χ0n) is 34.1. The minimum absolute atomic E-state index is 0.146. The molecule has 0 atom stereocenters. The minimum atomic E-state index is -0.641. The molecule has 288 valence electrons. The van der Waals surface area contributed by atoms with Crippen LogP contribution in [0.4, 0.5) is 17.6 Å². The first kappa shape index (κ1) is 42.0. The van der Waals surface area contributed by atoms with Crippen LogP contribution in [-0.4, -0.2) is 0 Å². The molecule has 0 amide bonds. The van der Waals surface area contributed by atoms with Gasteiger partial charge in [0.05, 0.1) is 11.1 Å². The van der Waals surface area contributed by atoms with Crippen LogP contribution in [-0.2, 0) is 0 Å². The van der Waals surface area contributed by atoms with E-state index in [1.54, 1.807) is 0 Å². The average Bonchev–Trinajstić information content (AvgIpc) is 3.13. The third kappa shape index (κ3) is 11.4. The van der Waals surface area contributed by atoms with Gasteiger partial charge in [0.15, 0.2) is 0 Å². The van der Waals surface area contributed by atoms with Gasteiger partial charge in [-0.3, -0.25) is 0 Å². The Labute approximate surface area is 332 Å². The average molecular weight is 753 g/mol. The molecule has 0 bridgehead atoms. The second kappa shape index (κ2) is 19.1. The third-order valence-electron chi connectivity index (χ3n) is 11.2. The highest BCUT2D eigenvalue weighted by Gasteiger charge is 2.18. The minimum Gasteiger partial charge on any atom is -0.205 e. The van der Waals surface area contributed by atoms with Crippen LogP contribution in [0.25, 0.3) is 0 Å². The number of hydrogen-bond donors (Lipinski definition) is 0. The fraction of sp³-hybridized carbons (Fsp3) is 0.385. The normalized spacial score (nSPS) is 18.6. The van der Waals surface area contributed by atoms with Gasteiger partial charge in [-0.2, -0.15) is 0 Å². The summed E-state index contributed by atoms with van der Waals surface area (Å²) in [5.41, 5.74) is 8.95. The van der Waals surface area contributed by atoms with Crippen molar-refractivity contribution in [1.29, 1.82) is 0 Å². The molecule has 0 spiro atoms. The highest BCUT2D eigenvalue weighted by molar-refractivity contribution is 5.53. The van der Waals surface area contributed by atoms with Gasteiger partial charge in [-0.25, -0.2) is 17.6 Å². The molecule has 0 aromatic heterocycles. The van der Waals surface area contributed by atoms with Crippen molar-refractivity contribution in [3.8, 4) is 47.4 Å². The van der Waals surface area contributed by atoms with Gasteiger partial charge in [-0.1, -0.05) is 78.9 Å². The van der Waals surface area contributed by atoms with Gasteiger partial charge in [0.25, 0.3) is 0 Å². The summed E-state index contributed by atoms with van der Waals surface area (Å²) in [4.78, 5) is 0. The van der Waals surface area contributed by atoms with E-state index in [0.29, 0.717) is 11.1 Å². The molecule has 4 aromatic rings. The van der Waals surface area contributed by atoms with Crippen LogP contribution < -0.4 is 0 Å². The maximum atomic E-state index is 14.5. The van der Waals surface area contributed by atoms with E-state index in [9.17, 15) is 17.6 Å². The molecule has 0 radical (unpaired) electrons. The Kier molecular flexibility index (Phi) is 14.3. The molecule has 4 heteroatoms. The van der Waals surface area contributed by atoms with Crippen molar-refractivity contribution in [3.63, 3.8) is 0 Å². The van der Waals surface area contributed by atoms with Gasteiger partial charge >= 0.3 is 0 Å². The first-order valence-electron chi connectivity index (χ1n) is 19.9. The lowest BCUT2D eigenvalue weighted by atomic mass is 9.83. The van der Waals surface area contributed by atoms with Crippen LogP contribution in [0.3, 0.4) is 0 Å². The number of hydrogen-bond acceptors (Lipinski definition) is 0. The molecule has 0 aliphatic heterocycles. The van der Waals surface area contributed by atoms with Gasteiger partial charge in [-0.05, 0) is 169 Å². The van der Waals surface area contributed by atoms with E-state index in [1.807, 2.05) is 46.8 Å². The molecule has 0 nitrogen and oxygen atoms in total. The molecule has 0 heterocycles. The van der Waals surface area contributed by atoms with E-state index in [4.69, 9.17) is 0 Å². The molecule has 4 aromatic carbocycles. The SMILES string of the molecule is Cc1cc(C#Cc2cc(F)c(C#CC3CCC(C)CC3)c(F)c2)cc(C)c1C.Cc1cc(C)c(C#Cc2cc(F)c(C#CC3CCC(C)CC3)c(F)c2)c(C)c1. The second-order valence-corrected chi connectivity index (χ2v) is 16.1. The fourth-order valence-electron chi connectivity index (χ4n) is 7.45. The largest absolute Gasteiger partial charge is 0.205 e. The maximum absolute atomic E-state index is 14.5. The summed E-state index contributed by atoms with van der Waals surface area (Å²) in [6.45, 7) is 16.6. The van der Waals surface area contributed by atoms with Gasteiger partial charge in [0.1, 0.15) is 23.3 Å². The van der Waals surface area contributed by atoms with Crippen LogP contribution in [0.15, 0.2) is 48.5 Å². The van der Waals surface area contributed by atoms with Gasteiger partial charge in [0.2, 0.25) is 0 Å². The topological polar surface area (TPSA) is 0 Å². The molecule has 2 aliphatic carbocycles. The van der Waals surface area contributed by atoms with Crippen molar-refractivity contribution in [1.82, 2.24) is 0 Å². The van der Waals surface area contributed by atoms with E-state index < -0.39 is 23.3 Å². The lowest BCUT2D eigenvalue weighted by Crippen LogP contribution is -2.10. The summed E-state index contributed by atoms with van der Waals surface area (Å²) in [6.07, 6.45) is 8.58. The van der Waals surface area contributed by atoms with Gasteiger partial charge < -0.3 is 0 Å². The fourth-order valence-corrected chi connectivity index (χ4v) is 7.45. The van der Waals surface area contributed by atoms with Crippen LogP contribution in [0.1, 0.15) is 132 Å². The van der Waals surface area contributed by atoms with Crippen molar-refractivity contribution in [3.05, 3.63) is 139 Å². The Bertz CT molecular complexity index is 2240. The maximum Gasteiger partial charge on any atom is 0.143 e. The summed E-state index contributed by atoms with van der Waals surface area (Å²) < 4.78 is 57.8. The molecular formula is C52H52F4. The summed E-state index contributed by atoms with van der Waals surface area (Å²) in [5, 5.41) is 0. The summed E-state index contributed by atoms with van der Waals surface area (Å²) in [7, 11) is 0. The Morgan fingerprint density at radius 1 is 0.393 bits per heavy atom. The first-order chi connectivity index (χ1) is 26.7. The Morgan fingerprint density at radius 2 is 0.732 bits per heavy atom.